The van der Waals surface area contributed by atoms with Crippen molar-refractivity contribution in [2.75, 3.05) is 7.11 Å². The highest BCUT2D eigenvalue weighted by Crippen LogP contribution is 2.37. The van der Waals surface area contributed by atoms with Crippen molar-refractivity contribution in [3.8, 4) is 17.3 Å². The van der Waals surface area contributed by atoms with Crippen LogP contribution in [0.15, 0.2) is 51.5 Å². The van der Waals surface area contributed by atoms with Crippen molar-refractivity contribution in [2.45, 2.75) is 44.9 Å². The highest BCUT2D eigenvalue weighted by Gasteiger charge is 2.17. The van der Waals surface area contributed by atoms with Gasteiger partial charge in [-0.15, -0.1) is 10.2 Å². The second-order valence-electron chi connectivity index (χ2n) is 7.39. The Morgan fingerprint density at radius 3 is 2.41 bits per heavy atom. The van der Waals surface area contributed by atoms with Gasteiger partial charge < -0.3 is 9.84 Å². The molecule has 3 rings (SSSR count). The van der Waals surface area contributed by atoms with Crippen LogP contribution in [0.2, 0.25) is 0 Å². The Hall–Kier alpha value is -3.24. The zero-order valence-corrected chi connectivity index (χ0v) is 19.2. The summed E-state index contributed by atoms with van der Waals surface area (Å²) in [5, 5.41) is 23.4. The summed E-state index contributed by atoms with van der Waals surface area (Å²) < 4.78 is 38.3. The largest absolute Gasteiger partial charge is 0.494 e. The molecule has 1 heterocycles. The van der Waals surface area contributed by atoms with Gasteiger partial charge >= 0.3 is 0 Å². The molecule has 0 fully saturated rings. The molecule has 0 aliphatic rings. The minimum absolute atomic E-state index is 0.179. The first-order chi connectivity index (χ1) is 15.2. The summed E-state index contributed by atoms with van der Waals surface area (Å²) in [6.07, 6.45) is 3.14. The molecule has 32 heavy (non-hydrogen) atoms. The number of hydrogen-bond acceptors (Lipinski definition) is 7. The number of hydrogen-bond donors (Lipinski definition) is 2. The fraction of sp³-hybridized carbons (Fsp3) is 0.318. The van der Waals surface area contributed by atoms with E-state index in [1.807, 2.05) is 19.1 Å². The molecule has 0 atom stereocenters. The molecule has 0 saturated carbocycles. The summed E-state index contributed by atoms with van der Waals surface area (Å²) in [7, 11) is -2.74. The van der Waals surface area contributed by atoms with E-state index in [1.165, 1.54) is 34.5 Å². The van der Waals surface area contributed by atoms with Gasteiger partial charge in [0.15, 0.2) is 5.69 Å². The predicted octanol–water partition coefficient (Wildman–Crippen LogP) is 5.21. The van der Waals surface area contributed by atoms with Gasteiger partial charge in [-0.05, 0) is 74.2 Å². The van der Waals surface area contributed by atoms with E-state index < -0.39 is 10.1 Å². The van der Waals surface area contributed by atoms with Crippen LogP contribution in [-0.2, 0) is 16.5 Å². The van der Waals surface area contributed by atoms with Crippen LogP contribution in [0.4, 0.5) is 11.4 Å². The van der Waals surface area contributed by atoms with Crippen molar-refractivity contribution < 1.29 is 22.8 Å². The molecule has 2 aromatic carbocycles. The molecule has 170 valence electrons. The van der Waals surface area contributed by atoms with Crippen molar-refractivity contribution >= 4 is 21.5 Å². The first-order valence-electron chi connectivity index (χ1n) is 10.1. The third kappa shape index (κ3) is 4.97. The predicted molar refractivity (Wildman–Crippen MR) is 120 cm³/mol. The Morgan fingerprint density at radius 2 is 1.81 bits per heavy atom. The van der Waals surface area contributed by atoms with Gasteiger partial charge in [0.1, 0.15) is 11.4 Å². The number of benzene rings is 2. The van der Waals surface area contributed by atoms with Crippen LogP contribution in [-0.4, -0.2) is 35.0 Å². The molecule has 0 radical (unpaired) electrons. The maximum absolute atomic E-state index is 11.2. The molecular weight excluding hydrogens is 432 g/mol. The number of nitrogens with zero attached hydrogens (tertiary/aromatic N) is 4. The lowest BCUT2D eigenvalue weighted by atomic mass is 10.0. The summed E-state index contributed by atoms with van der Waals surface area (Å²) >= 11 is 0. The van der Waals surface area contributed by atoms with Crippen LogP contribution in [0.25, 0.3) is 5.69 Å². The van der Waals surface area contributed by atoms with E-state index in [2.05, 4.69) is 22.3 Å². The number of azo groups is 1. The van der Waals surface area contributed by atoms with Crippen molar-refractivity contribution in [1.29, 1.82) is 0 Å². The van der Waals surface area contributed by atoms with Crippen molar-refractivity contribution in [3.05, 3.63) is 53.2 Å². The number of rotatable bonds is 8. The normalized spacial score (nSPS) is 11.9. The van der Waals surface area contributed by atoms with E-state index in [0.717, 1.165) is 24.8 Å². The first kappa shape index (κ1) is 23.4. The molecule has 0 aliphatic carbocycles. The van der Waals surface area contributed by atoms with Gasteiger partial charge in [0.25, 0.3) is 10.1 Å². The third-order valence-electron chi connectivity index (χ3n) is 5.08. The van der Waals surface area contributed by atoms with Crippen LogP contribution in [0.1, 0.15) is 36.6 Å². The number of aryl methyl sites for hydroxylation is 3. The number of ether oxygens (including phenoxy) is 1. The van der Waals surface area contributed by atoms with Gasteiger partial charge in [-0.25, -0.2) is 0 Å². The molecule has 2 N–H and O–H groups in total. The smallest absolute Gasteiger partial charge is 0.294 e. The zero-order chi connectivity index (χ0) is 23.5. The lowest BCUT2D eigenvalue weighted by Crippen LogP contribution is -2.00. The molecule has 0 bridgehead atoms. The van der Waals surface area contributed by atoms with Gasteiger partial charge in [0.2, 0.25) is 5.88 Å². The third-order valence-corrected chi connectivity index (χ3v) is 5.95. The molecule has 0 saturated heterocycles. The SMILES string of the molecule is CCCCc1cc(OC)c(N=Nc2c(C)nn(-c3ccc(S(=O)(=O)O)cc3)c2O)cc1C. The van der Waals surface area contributed by atoms with Crippen LogP contribution in [0.5, 0.6) is 11.6 Å². The maximum Gasteiger partial charge on any atom is 0.294 e. The Morgan fingerprint density at radius 1 is 1.12 bits per heavy atom. The molecular formula is C22H26N4O5S. The molecule has 10 heteroatoms. The summed E-state index contributed by atoms with van der Waals surface area (Å²) in [5.74, 6) is 0.344. The summed E-state index contributed by atoms with van der Waals surface area (Å²) in [6.45, 7) is 5.83. The fourth-order valence-electron chi connectivity index (χ4n) is 3.26. The second kappa shape index (κ2) is 9.49. The Bertz CT molecular complexity index is 1250. The highest BCUT2D eigenvalue weighted by molar-refractivity contribution is 7.85. The fourth-order valence-corrected chi connectivity index (χ4v) is 3.74. The van der Waals surface area contributed by atoms with Gasteiger partial charge in [-0.1, -0.05) is 13.3 Å². The van der Waals surface area contributed by atoms with Gasteiger partial charge in [-0.3, -0.25) is 4.55 Å². The first-order valence-corrected chi connectivity index (χ1v) is 11.6. The van der Waals surface area contributed by atoms with E-state index in [-0.39, 0.29) is 16.5 Å². The van der Waals surface area contributed by atoms with Gasteiger partial charge in [0, 0.05) is 0 Å². The molecule has 0 amide bonds. The highest BCUT2D eigenvalue weighted by atomic mass is 32.2. The van der Waals surface area contributed by atoms with Crippen LogP contribution in [0, 0.1) is 13.8 Å². The lowest BCUT2D eigenvalue weighted by Gasteiger charge is -2.10. The minimum atomic E-state index is -4.31. The summed E-state index contributed by atoms with van der Waals surface area (Å²) in [4.78, 5) is -0.255. The van der Waals surface area contributed by atoms with E-state index in [4.69, 9.17) is 9.29 Å². The van der Waals surface area contributed by atoms with Crippen molar-refractivity contribution in [2.24, 2.45) is 10.2 Å². The number of aromatic hydroxyl groups is 1. The maximum atomic E-state index is 11.2. The van der Waals surface area contributed by atoms with E-state index in [0.29, 0.717) is 22.8 Å². The average molecular weight is 459 g/mol. The van der Waals surface area contributed by atoms with Gasteiger partial charge in [-0.2, -0.15) is 18.2 Å². The average Bonchev–Trinajstić information content (AvgIpc) is 3.04. The molecule has 9 nitrogen and oxygen atoms in total. The molecule has 0 aliphatic heterocycles. The van der Waals surface area contributed by atoms with Crippen molar-refractivity contribution in [1.82, 2.24) is 9.78 Å². The standard InChI is InChI=1S/C22H26N4O5S/c1-5-6-7-16-13-20(31-4)19(12-14(16)2)23-24-21-15(3)25-26(22(21)27)17-8-10-18(11-9-17)32(28,29)30/h8-13,27H,5-7H2,1-4H3,(H,28,29,30). The topological polar surface area (TPSA) is 126 Å². The lowest BCUT2D eigenvalue weighted by molar-refractivity contribution is 0.415. The Kier molecular flexibility index (Phi) is 6.95. The Balaban J connectivity index is 1.94. The molecule has 1 aromatic heterocycles. The van der Waals surface area contributed by atoms with Crippen LogP contribution >= 0.6 is 0 Å². The van der Waals surface area contributed by atoms with Gasteiger partial charge in [0.05, 0.1) is 23.4 Å². The molecule has 0 spiro atoms. The van der Waals surface area contributed by atoms with E-state index in [9.17, 15) is 13.5 Å². The van der Waals surface area contributed by atoms with Crippen molar-refractivity contribution in [3.63, 3.8) is 0 Å². The quantitative estimate of drug-likeness (QED) is 0.352. The van der Waals surface area contributed by atoms with E-state index in [1.54, 1.807) is 14.0 Å². The minimum Gasteiger partial charge on any atom is -0.494 e. The zero-order valence-electron chi connectivity index (χ0n) is 18.4. The van der Waals surface area contributed by atoms with Crippen LogP contribution < -0.4 is 4.74 Å². The number of unbranched alkanes of at least 4 members (excludes halogenated alkanes) is 1. The van der Waals surface area contributed by atoms with Crippen LogP contribution in [0.3, 0.4) is 0 Å². The number of aromatic nitrogens is 2. The molecule has 0 unspecified atom stereocenters. The summed E-state index contributed by atoms with van der Waals surface area (Å²) in [5.41, 5.74) is 3.83. The number of methoxy groups -OCH3 is 1. The second-order valence-corrected chi connectivity index (χ2v) is 8.81. The Labute approximate surface area is 187 Å². The molecule has 3 aromatic rings. The monoisotopic (exact) mass is 458 g/mol. The summed E-state index contributed by atoms with van der Waals surface area (Å²) in [6, 6.07) is 9.13. The van der Waals surface area contributed by atoms with E-state index >= 15 is 0 Å².